The molecule has 0 aliphatic carbocycles. The molecule has 0 bridgehead atoms. The van der Waals surface area contributed by atoms with E-state index in [9.17, 15) is 4.79 Å². The zero-order valence-corrected chi connectivity index (χ0v) is 23.0. The number of benzene rings is 3. The molecular weight excluding hydrogens is 520 g/mol. The Hall–Kier alpha value is -4.69. The van der Waals surface area contributed by atoms with Crippen molar-refractivity contribution in [3.63, 3.8) is 0 Å². The van der Waals surface area contributed by atoms with E-state index in [-0.39, 0.29) is 5.91 Å². The molecule has 0 fully saturated rings. The first-order chi connectivity index (χ1) is 19.5. The van der Waals surface area contributed by atoms with E-state index in [1.165, 1.54) is 23.0 Å². The standard InChI is InChI=1S/C32H28N4O3S/c1-21(2)22-8-10-23(11-9-22)27-20-40-32(33-27)34-30(37)15-13-25-19-36(26-6-4-3-5-7-26)35-31(25)24-12-14-28-29(18-24)39-17-16-38-28/h3-15,18-21H,16-17H2,1-2H3,(H,33,34,37). The van der Waals surface area contributed by atoms with E-state index in [1.54, 1.807) is 10.8 Å². The lowest BCUT2D eigenvalue weighted by molar-refractivity contribution is -0.111. The molecule has 7 nitrogen and oxygen atoms in total. The Morgan fingerprint density at radius 1 is 0.975 bits per heavy atom. The molecule has 0 atom stereocenters. The molecule has 6 rings (SSSR count). The van der Waals surface area contributed by atoms with Gasteiger partial charge < -0.3 is 9.47 Å². The zero-order chi connectivity index (χ0) is 27.5. The normalized spacial score (nSPS) is 12.7. The van der Waals surface area contributed by atoms with E-state index in [4.69, 9.17) is 14.6 Å². The number of thiazole rings is 1. The highest BCUT2D eigenvalue weighted by Crippen LogP contribution is 2.35. The maximum atomic E-state index is 12.9. The summed E-state index contributed by atoms with van der Waals surface area (Å²) in [6.07, 6.45) is 5.19. The second kappa shape index (κ2) is 11.2. The number of rotatable bonds is 7. The summed E-state index contributed by atoms with van der Waals surface area (Å²) in [6, 6.07) is 24.0. The summed E-state index contributed by atoms with van der Waals surface area (Å²) in [5, 5.41) is 10.2. The van der Waals surface area contributed by atoms with Crippen LogP contribution in [0.4, 0.5) is 5.13 Å². The Labute approximate surface area is 236 Å². The summed E-state index contributed by atoms with van der Waals surface area (Å²) < 4.78 is 13.3. The fourth-order valence-corrected chi connectivity index (χ4v) is 5.17. The quantitative estimate of drug-likeness (QED) is 0.218. The van der Waals surface area contributed by atoms with Gasteiger partial charge in [0.05, 0.1) is 11.4 Å². The average Bonchev–Trinajstić information content (AvgIpc) is 3.64. The Bertz CT molecular complexity index is 1670. The van der Waals surface area contributed by atoms with E-state index in [0.29, 0.717) is 35.8 Å². The smallest absolute Gasteiger partial charge is 0.250 e. The number of amides is 1. The van der Waals surface area contributed by atoms with Crippen LogP contribution in [0.5, 0.6) is 11.5 Å². The molecule has 3 aromatic carbocycles. The monoisotopic (exact) mass is 548 g/mol. The van der Waals surface area contributed by atoms with Crippen LogP contribution >= 0.6 is 11.3 Å². The van der Waals surface area contributed by atoms with Crippen molar-refractivity contribution in [2.45, 2.75) is 19.8 Å². The molecule has 2 aromatic heterocycles. The summed E-state index contributed by atoms with van der Waals surface area (Å²) in [6.45, 7) is 5.38. The molecule has 0 unspecified atom stereocenters. The summed E-state index contributed by atoms with van der Waals surface area (Å²) >= 11 is 1.40. The van der Waals surface area contributed by atoms with Crippen LogP contribution < -0.4 is 14.8 Å². The first-order valence-corrected chi connectivity index (χ1v) is 14.0. The lowest BCUT2D eigenvalue weighted by Crippen LogP contribution is -2.15. The van der Waals surface area contributed by atoms with Crippen molar-refractivity contribution in [3.05, 3.63) is 102 Å². The van der Waals surface area contributed by atoms with Crippen LogP contribution in [0.1, 0.15) is 30.9 Å². The van der Waals surface area contributed by atoms with Gasteiger partial charge in [0.1, 0.15) is 18.9 Å². The molecule has 1 N–H and O–H groups in total. The Kier molecular flexibility index (Phi) is 7.16. The van der Waals surface area contributed by atoms with E-state index in [1.807, 2.05) is 60.1 Å². The molecular formula is C32H28N4O3S. The van der Waals surface area contributed by atoms with Crippen molar-refractivity contribution in [1.29, 1.82) is 0 Å². The van der Waals surface area contributed by atoms with Gasteiger partial charge in [-0.2, -0.15) is 5.10 Å². The number of carbonyl (C=O) groups is 1. The van der Waals surface area contributed by atoms with Crippen molar-refractivity contribution < 1.29 is 14.3 Å². The Balaban J connectivity index is 1.23. The van der Waals surface area contributed by atoms with Crippen LogP contribution in [0.15, 0.2) is 90.4 Å². The first kappa shape index (κ1) is 25.6. The van der Waals surface area contributed by atoms with Gasteiger partial charge in [0.25, 0.3) is 0 Å². The van der Waals surface area contributed by atoms with Gasteiger partial charge >= 0.3 is 0 Å². The predicted molar refractivity (Wildman–Crippen MR) is 159 cm³/mol. The number of para-hydroxylation sites is 1. The highest BCUT2D eigenvalue weighted by molar-refractivity contribution is 7.14. The third-order valence-corrected chi connectivity index (χ3v) is 7.36. The van der Waals surface area contributed by atoms with Gasteiger partial charge in [-0.15, -0.1) is 11.3 Å². The summed E-state index contributed by atoms with van der Waals surface area (Å²) in [7, 11) is 0. The first-order valence-electron chi connectivity index (χ1n) is 13.1. The topological polar surface area (TPSA) is 78.3 Å². The van der Waals surface area contributed by atoms with Crippen LogP contribution in [0, 0.1) is 0 Å². The van der Waals surface area contributed by atoms with Gasteiger partial charge in [-0.25, -0.2) is 9.67 Å². The molecule has 5 aromatic rings. The van der Waals surface area contributed by atoms with Gasteiger partial charge in [0, 0.05) is 34.3 Å². The number of hydrogen-bond acceptors (Lipinski definition) is 6. The third-order valence-electron chi connectivity index (χ3n) is 6.60. The fraction of sp³-hybridized carbons (Fsp3) is 0.156. The van der Waals surface area contributed by atoms with Crippen molar-refractivity contribution in [2.24, 2.45) is 0 Å². The maximum absolute atomic E-state index is 12.9. The minimum absolute atomic E-state index is 0.267. The van der Waals surface area contributed by atoms with Crippen molar-refractivity contribution in [1.82, 2.24) is 14.8 Å². The number of fused-ring (bicyclic) bond motifs is 1. The maximum Gasteiger partial charge on any atom is 0.250 e. The summed E-state index contributed by atoms with van der Waals surface area (Å²) in [5.41, 5.74) is 6.45. The summed E-state index contributed by atoms with van der Waals surface area (Å²) in [5.74, 6) is 1.61. The van der Waals surface area contributed by atoms with E-state index in [2.05, 4.69) is 48.4 Å². The molecule has 0 saturated carbocycles. The van der Waals surface area contributed by atoms with Crippen LogP contribution in [0.3, 0.4) is 0 Å². The lowest BCUT2D eigenvalue weighted by atomic mass is 10.0. The second-order valence-corrected chi connectivity index (χ2v) is 10.6. The molecule has 0 saturated heterocycles. The summed E-state index contributed by atoms with van der Waals surface area (Å²) in [4.78, 5) is 17.5. The SMILES string of the molecule is CC(C)c1ccc(-c2csc(NC(=O)C=Cc3cn(-c4ccccc4)nc3-c3ccc4c(c3)OCCO4)n2)cc1. The molecule has 3 heterocycles. The molecule has 1 aliphatic rings. The molecule has 0 spiro atoms. The predicted octanol–water partition coefficient (Wildman–Crippen LogP) is 7.21. The highest BCUT2D eigenvalue weighted by atomic mass is 32.1. The van der Waals surface area contributed by atoms with Crippen LogP contribution in [-0.2, 0) is 4.79 Å². The minimum atomic E-state index is -0.267. The molecule has 40 heavy (non-hydrogen) atoms. The van der Waals surface area contributed by atoms with Gasteiger partial charge in [-0.3, -0.25) is 10.1 Å². The molecule has 1 amide bonds. The van der Waals surface area contributed by atoms with Gasteiger partial charge in [-0.05, 0) is 47.9 Å². The largest absolute Gasteiger partial charge is 0.486 e. The second-order valence-electron chi connectivity index (χ2n) is 9.71. The van der Waals surface area contributed by atoms with E-state index >= 15 is 0 Å². The number of ether oxygens (including phenoxy) is 2. The Morgan fingerprint density at radius 2 is 1.73 bits per heavy atom. The number of hydrogen-bond donors (Lipinski definition) is 1. The molecule has 0 radical (unpaired) electrons. The van der Waals surface area contributed by atoms with Crippen LogP contribution in [0.2, 0.25) is 0 Å². The Morgan fingerprint density at radius 3 is 2.50 bits per heavy atom. The molecule has 1 aliphatic heterocycles. The average molecular weight is 549 g/mol. The molecule has 200 valence electrons. The number of nitrogens with zero attached hydrogens (tertiary/aromatic N) is 3. The number of anilines is 1. The van der Waals surface area contributed by atoms with Gasteiger partial charge in [0.2, 0.25) is 5.91 Å². The number of nitrogens with one attached hydrogen (secondary N) is 1. The van der Waals surface area contributed by atoms with Gasteiger partial charge in [-0.1, -0.05) is 56.3 Å². The highest BCUT2D eigenvalue weighted by Gasteiger charge is 2.17. The minimum Gasteiger partial charge on any atom is -0.486 e. The van der Waals surface area contributed by atoms with Crippen LogP contribution in [0.25, 0.3) is 34.3 Å². The van der Waals surface area contributed by atoms with E-state index in [0.717, 1.165) is 33.8 Å². The van der Waals surface area contributed by atoms with Gasteiger partial charge in [0.15, 0.2) is 16.6 Å². The van der Waals surface area contributed by atoms with Crippen LogP contribution in [-0.4, -0.2) is 33.9 Å². The number of carbonyl (C=O) groups excluding carboxylic acids is 1. The van der Waals surface area contributed by atoms with Crippen molar-refractivity contribution in [3.8, 4) is 39.7 Å². The fourth-order valence-electron chi connectivity index (χ4n) is 4.45. The third kappa shape index (κ3) is 5.53. The van der Waals surface area contributed by atoms with E-state index < -0.39 is 0 Å². The lowest BCUT2D eigenvalue weighted by Gasteiger charge is -2.18. The molecule has 8 heteroatoms. The number of aromatic nitrogens is 3. The van der Waals surface area contributed by atoms with Crippen molar-refractivity contribution >= 4 is 28.5 Å². The zero-order valence-electron chi connectivity index (χ0n) is 22.2. The van der Waals surface area contributed by atoms with Crippen molar-refractivity contribution in [2.75, 3.05) is 18.5 Å².